The minimum Gasteiger partial charge on any atom is -0.383 e. The number of hydrogen-bond acceptors (Lipinski definition) is 5. The molecule has 0 amide bonds. The van der Waals surface area contributed by atoms with Gasteiger partial charge in [0, 0.05) is 34.7 Å². The Labute approximate surface area is 126 Å². The number of rotatable bonds is 7. The quantitative estimate of drug-likeness (QED) is 0.771. The summed E-state index contributed by atoms with van der Waals surface area (Å²) >= 11 is 0. The maximum absolute atomic E-state index is 12.2. The van der Waals surface area contributed by atoms with Crippen LogP contribution in [0.3, 0.4) is 0 Å². The molecule has 0 spiro atoms. The second-order valence-corrected chi connectivity index (χ2v) is 9.23. The third kappa shape index (κ3) is 4.40. The van der Waals surface area contributed by atoms with E-state index < -0.39 is 20.0 Å². The van der Waals surface area contributed by atoms with Crippen molar-refractivity contribution in [1.82, 2.24) is 8.61 Å². The standard InChI is InChI=1S/C12H21N3O4S2/c1-14(2)20(16,17)10-9-13-11-7-5-6-8-12(11)21(18,19)15(3)4/h5-8,13H,9-10H2,1-4H3. The highest BCUT2D eigenvalue weighted by Gasteiger charge is 2.21. The van der Waals surface area contributed by atoms with Gasteiger partial charge >= 0.3 is 0 Å². The van der Waals surface area contributed by atoms with E-state index in [1.165, 1.54) is 34.3 Å². The van der Waals surface area contributed by atoms with Crippen molar-refractivity contribution in [2.24, 2.45) is 0 Å². The molecule has 1 N–H and O–H groups in total. The lowest BCUT2D eigenvalue weighted by atomic mass is 10.3. The Hall–Kier alpha value is -1.16. The van der Waals surface area contributed by atoms with Crippen molar-refractivity contribution in [2.45, 2.75) is 4.90 Å². The lowest BCUT2D eigenvalue weighted by molar-refractivity contribution is 0.521. The van der Waals surface area contributed by atoms with E-state index in [1.54, 1.807) is 18.2 Å². The number of sulfonamides is 2. The van der Waals surface area contributed by atoms with Gasteiger partial charge in [0.05, 0.1) is 11.4 Å². The fraction of sp³-hybridized carbons (Fsp3) is 0.500. The summed E-state index contributed by atoms with van der Waals surface area (Å²) in [5, 5.41) is 2.87. The SMILES string of the molecule is CN(C)S(=O)(=O)CCNc1ccccc1S(=O)(=O)N(C)C. The normalized spacial score (nSPS) is 12.9. The molecule has 1 rings (SSSR count). The van der Waals surface area contributed by atoms with Gasteiger partial charge in [-0.25, -0.2) is 25.4 Å². The van der Waals surface area contributed by atoms with Gasteiger partial charge in [-0.2, -0.15) is 0 Å². The second kappa shape index (κ2) is 6.73. The van der Waals surface area contributed by atoms with Crippen LogP contribution in [0.1, 0.15) is 0 Å². The summed E-state index contributed by atoms with van der Waals surface area (Å²) in [4.78, 5) is 0.122. The van der Waals surface area contributed by atoms with Gasteiger partial charge in [-0.1, -0.05) is 12.1 Å². The Balaban J connectivity index is 2.92. The van der Waals surface area contributed by atoms with Crippen LogP contribution in [-0.2, 0) is 20.0 Å². The monoisotopic (exact) mass is 335 g/mol. The zero-order valence-corrected chi connectivity index (χ0v) is 14.2. The first-order valence-corrected chi connectivity index (χ1v) is 9.29. The zero-order valence-electron chi connectivity index (χ0n) is 12.6. The van der Waals surface area contributed by atoms with Crippen LogP contribution in [0.5, 0.6) is 0 Å². The van der Waals surface area contributed by atoms with E-state index in [9.17, 15) is 16.8 Å². The van der Waals surface area contributed by atoms with Crippen molar-refractivity contribution >= 4 is 25.7 Å². The van der Waals surface area contributed by atoms with Gasteiger partial charge in [0.15, 0.2) is 0 Å². The molecule has 0 saturated carbocycles. The molecule has 0 fully saturated rings. The van der Waals surface area contributed by atoms with Crippen molar-refractivity contribution in [1.29, 1.82) is 0 Å². The molecule has 0 bridgehead atoms. The predicted molar refractivity (Wildman–Crippen MR) is 83.3 cm³/mol. The van der Waals surface area contributed by atoms with Crippen LogP contribution < -0.4 is 5.32 Å². The predicted octanol–water partition coefficient (Wildman–Crippen LogP) is 0.240. The molecule has 0 unspecified atom stereocenters. The fourth-order valence-electron chi connectivity index (χ4n) is 1.53. The molecule has 0 radical (unpaired) electrons. The molecule has 0 heterocycles. The van der Waals surface area contributed by atoms with Crippen LogP contribution in [0.2, 0.25) is 0 Å². The molecule has 0 aliphatic carbocycles. The van der Waals surface area contributed by atoms with E-state index in [2.05, 4.69) is 5.32 Å². The Kier molecular flexibility index (Phi) is 5.74. The van der Waals surface area contributed by atoms with Crippen LogP contribution in [0.25, 0.3) is 0 Å². The summed E-state index contributed by atoms with van der Waals surface area (Å²) in [6.45, 7) is 0.125. The second-order valence-electron chi connectivity index (χ2n) is 4.81. The molecule has 1 aromatic carbocycles. The molecule has 0 saturated heterocycles. The van der Waals surface area contributed by atoms with Crippen LogP contribution in [0.4, 0.5) is 5.69 Å². The molecule has 120 valence electrons. The van der Waals surface area contributed by atoms with Crippen molar-refractivity contribution in [3.05, 3.63) is 24.3 Å². The highest BCUT2D eigenvalue weighted by molar-refractivity contribution is 7.89. The smallest absolute Gasteiger partial charge is 0.244 e. The number of nitrogens with zero attached hydrogens (tertiary/aromatic N) is 2. The van der Waals surface area contributed by atoms with E-state index in [1.807, 2.05) is 0 Å². The van der Waals surface area contributed by atoms with Gasteiger partial charge in [-0.15, -0.1) is 0 Å². The molecule has 0 atom stereocenters. The summed E-state index contributed by atoms with van der Waals surface area (Å²) in [6, 6.07) is 6.41. The van der Waals surface area contributed by atoms with Gasteiger partial charge in [-0.05, 0) is 12.1 Å². The van der Waals surface area contributed by atoms with Gasteiger partial charge < -0.3 is 5.32 Å². The van der Waals surface area contributed by atoms with Crippen LogP contribution in [0.15, 0.2) is 29.2 Å². The minimum absolute atomic E-state index is 0.115. The molecule has 0 aliphatic rings. The minimum atomic E-state index is -3.58. The van der Waals surface area contributed by atoms with E-state index in [-0.39, 0.29) is 17.2 Å². The molecule has 1 aromatic rings. The summed E-state index contributed by atoms with van der Waals surface area (Å²) in [6.07, 6.45) is 0. The van der Waals surface area contributed by atoms with Crippen LogP contribution >= 0.6 is 0 Å². The van der Waals surface area contributed by atoms with E-state index in [0.717, 1.165) is 8.61 Å². The first-order valence-electron chi connectivity index (χ1n) is 6.24. The van der Waals surface area contributed by atoms with Gasteiger partial charge in [0.1, 0.15) is 4.90 Å². The van der Waals surface area contributed by atoms with E-state index in [4.69, 9.17) is 0 Å². The maximum Gasteiger partial charge on any atom is 0.244 e. The van der Waals surface area contributed by atoms with Gasteiger partial charge in [-0.3, -0.25) is 0 Å². The number of para-hydroxylation sites is 1. The molecular weight excluding hydrogens is 314 g/mol. The highest BCUT2D eigenvalue weighted by atomic mass is 32.2. The lowest BCUT2D eigenvalue weighted by Gasteiger charge is -2.17. The van der Waals surface area contributed by atoms with Crippen LogP contribution in [0, 0.1) is 0 Å². The summed E-state index contributed by atoms with van der Waals surface area (Å²) < 4.78 is 50.0. The van der Waals surface area contributed by atoms with Crippen molar-refractivity contribution in [3.8, 4) is 0 Å². The number of nitrogens with one attached hydrogen (secondary N) is 1. The highest BCUT2D eigenvalue weighted by Crippen LogP contribution is 2.22. The first kappa shape index (κ1) is 17.9. The number of hydrogen-bond donors (Lipinski definition) is 1. The third-order valence-electron chi connectivity index (χ3n) is 2.88. The maximum atomic E-state index is 12.2. The average molecular weight is 335 g/mol. The van der Waals surface area contributed by atoms with Gasteiger partial charge in [0.2, 0.25) is 20.0 Å². The lowest BCUT2D eigenvalue weighted by Crippen LogP contribution is -2.29. The molecular formula is C12H21N3O4S2. The Morgan fingerprint density at radius 1 is 0.952 bits per heavy atom. The molecule has 0 aliphatic heterocycles. The molecule has 21 heavy (non-hydrogen) atoms. The molecule has 9 heteroatoms. The van der Waals surface area contributed by atoms with Crippen molar-refractivity contribution < 1.29 is 16.8 Å². The molecule has 0 aromatic heterocycles. The summed E-state index contributed by atoms with van der Waals surface area (Å²) in [7, 11) is -1.09. The summed E-state index contributed by atoms with van der Waals surface area (Å²) in [5.41, 5.74) is 0.389. The zero-order chi connectivity index (χ0) is 16.3. The number of anilines is 1. The van der Waals surface area contributed by atoms with Crippen molar-refractivity contribution in [3.63, 3.8) is 0 Å². The Bertz CT molecular complexity index is 682. The fourth-order valence-corrected chi connectivity index (χ4v) is 3.32. The average Bonchev–Trinajstić information content (AvgIpc) is 2.38. The summed E-state index contributed by atoms with van der Waals surface area (Å²) in [5.74, 6) is -0.115. The molecule has 7 nitrogen and oxygen atoms in total. The van der Waals surface area contributed by atoms with Crippen molar-refractivity contribution in [2.75, 3.05) is 45.8 Å². The van der Waals surface area contributed by atoms with E-state index in [0.29, 0.717) is 5.69 Å². The third-order valence-corrected chi connectivity index (χ3v) is 6.58. The first-order chi connectivity index (χ1) is 9.59. The Morgan fingerprint density at radius 3 is 2.05 bits per heavy atom. The van der Waals surface area contributed by atoms with Crippen LogP contribution in [-0.4, -0.2) is 65.9 Å². The number of benzene rings is 1. The van der Waals surface area contributed by atoms with E-state index >= 15 is 0 Å². The largest absolute Gasteiger partial charge is 0.383 e. The van der Waals surface area contributed by atoms with Gasteiger partial charge in [0.25, 0.3) is 0 Å². The Morgan fingerprint density at radius 2 is 1.52 bits per heavy atom. The topological polar surface area (TPSA) is 86.8 Å².